The van der Waals surface area contributed by atoms with Crippen LogP contribution in [0.1, 0.15) is 11.6 Å². The number of para-hydroxylation sites is 1. The van der Waals surface area contributed by atoms with Crippen molar-refractivity contribution in [2.75, 3.05) is 6.54 Å². The molecule has 1 aromatic heterocycles. The van der Waals surface area contributed by atoms with Crippen LogP contribution in [-0.2, 0) is 20.1 Å². The van der Waals surface area contributed by atoms with Gasteiger partial charge in [0.15, 0.2) is 5.82 Å². The second-order valence-corrected chi connectivity index (χ2v) is 3.71. The van der Waals surface area contributed by atoms with Gasteiger partial charge >= 0.3 is 0 Å². The summed E-state index contributed by atoms with van der Waals surface area (Å²) in [4.78, 5) is 4.36. The molecule has 0 unspecified atom stereocenters. The fourth-order valence-electron chi connectivity index (χ4n) is 1.55. The Kier molecular flexibility index (Phi) is 3.72. The number of ether oxygens (including phenoxy) is 1. The lowest BCUT2D eigenvalue weighted by molar-refractivity contribution is 0.295. The fraction of sp³-hybridized carbons (Fsp3) is 0.333. The highest BCUT2D eigenvalue weighted by atomic mass is 16.5. The van der Waals surface area contributed by atoms with E-state index in [2.05, 4.69) is 10.1 Å². The first-order chi connectivity index (χ1) is 8.29. The van der Waals surface area contributed by atoms with Gasteiger partial charge in [0, 0.05) is 13.5 Å². The normalized spacial score (nSPS) is 10.5. The number of aromatic nitrogens is 3. The maximum absolute atomic E-state index is 5.57. The topological polar surface area (TPSA) is 66.0 Å². The van der Waals surface area contributed by atoms with Gasteiger partial charge in [0.25, 0.3) is 0 Å². The summed E-state index contributed by atoms with van der Waals surface area (Å²) in [5.41, 5.74) is 5.49. The Morgan fingerprint density at radius 3 is 2.76 bits per heavy atom. The molecule has 90 valence electrons. The Bertz CT molecular complexity index is 467. The molecule has 2 aromatic rings. The highest BCUT2D eigenvalue weighted by Gasteiger charge is 2.06. The van der Waals surface area contributed by atoms with Gasteiger partial charge in [-0.1, -0.05) is 18.2 Å². The smallest absolute Gasteiger partial charge is 0.188 e. The summed E-state index contributed by atoms with van der Waals surface area (Å²) in [6, 6.07) is 9.63. The van der Waals surface area contributed by atoms with E-state index < -0.39 is 0 Å². The van der Waals surface area contributed by atoms with Crippen LogP contribution in [0.2, 0.25) is 0 Å². The van der Waals surface area contributed by atoms with Crippen LogP contribution < -0.4 is 10.5 Å². The van der Waals surface area contributed by atoms with Crippen molar-refractivity contribution in [1.82, 2.24) is 14.8 Å². The highest BCUT2D eigenvalue weighted by molar-refractivity contribution is 5.20. The summed E-state index contributed by atoms with van der Waals surface area (Å²) in [5.74, 6) is 2.39. The first kappa shape index (κ1) is 11.6. The standard InChI is InChI=1S/C12H16N4O/c1-16-12(7-8-13)14-11(15-16)9-17-10-5-3-2-4-6-10/h2-6H,7-9,13H2,1H3. The quantitative estimate of drug-likeness (QED) is 0.831. The molecule has 2 rings (SSSR count). The molecule has 5 nitrogen and oxygen atoms in total. The van der Waals surface area contributed by atoms with Crippen LogP contribution in [-0.4, -0.2) is 21.3 Å². The lowest BCUT2D eigenvalue weighted by Gasteiger charge is -2.01. The lowest BCUT2D eigenvalue weighted by atomic mass is 10.3. The molecular weight excluding hydrogens is 216 g/mol. The monoisotopic (exact) mass is 232 g/mol. The minimum Gasteiger partial charge on any atom is -0.486 e. The summed E-state index contributed by atoms with van der Waals surface area (Å²) >= 11 is 0. The summed E-state index contributed by atoms with van der Waals surface area (Å²) < 4.78 is 7.32. The van der Waals surface area contributed by atoms with Gasteiger partial charge in [-0.05, 0) is 18.7 Å². The third-order valence-electron chi connectivity index (χ3n) is 2.38. The molecule has 2 N–H and O–H groups in total. The maximum Gasteiger partial charge on any atom is 0.188 e. The van der Waals surface area contributed by atoms with Crippen molar-refractivity contribution >= 4 is 0 Å². The predicted octanol–water partition coefficient (Wildman–Crippen LogP) is 0.895. The van der Waals surface area contributed by atoms with E-state index in [1.165, 1.54) is 0 Å². The van der Waals surface area contributed by atoms with Gasteiger partial charge in [-0.25, -0.2) is 4.98 Å². The first-order valence-electron chi connectivity index (χ1n) is 5.56. The maximum atomic E-state index is 5.57. The fourth-order valence-corrected chi connectivity index (χ4v) is 1.55. The average molecular weight is 232 g/mol. The lowest BCUT2D eigenvalue weighted by Crippen LogP contribution is -2.08. The second kappa shape index (κ2) is 5.45. The number of nitrogens with zero attached hydrogens (tertiary/aromatic N) is 3. The van der Waals surface area contributed by atoms with E-state index in [9.17, 15) is 0 Å². The van der Waals surface area contributed by atoms with Crippen LogP contribution in [0.3, 0.4) is 0 Å². The molecule has 0 radical (unpaired) electrons. The minimum atomic E-state index is 0.377. The largest absolute Gasteiger partial charge is 0.486 e. The molecule has 0 spiro atoms. The number of hydrogen-bond donors (Lipinski definition) is 1. The second-order valence-electron chi connectivity index (χ2n) is 3.71. The van der Waals surface area contributed by atoms with E-state index in [-0.39, 0.29) is 0 Å². The van der Waals surface area contributed by atoms with Gasteiger partial charge in [0.05, 0.1) is 0 Å². The third-order valence-corrected chi connectivity index (χ3v) is 2.38. The molecular formula is C12H16N4O. The van der Waals surface area contributed by atoms with E-state index in [0.717, 1.165) is 18.0 Å². The number of aryl methyl sites for hydroxylation is 1. The number of nitrogens with two attached hydrogens (primary N) is 1. The molecule has 0 aliphatic heterocycles. The Balaban J connectivity index is 1.97. The zero-order chi connectivity index (χ0) is 12.1. The van der Waals surface area contributed by atoms with Crippen LogP contribution in [0.5, 0.6) is 5.75 Å². The van der Waals surface area contributed by atoms with E-state index in [1.807, 2.05) is 37.4 Å². The van der Waals surface area contributed by atoms with E-state index >= 15 is 0 Å². The molecule has 0 bridgehead atoms. The summed E-state index contributed by atoms with van der Waals surface area (Å²) in [5, 5.41) is 4.27. The number of hydrogen-bond acceptors (Lipinski definition) is 4. The molecule has 1 aromatic carbocycles. The van der Waals surface area contributed by atoms with Gasteiger partial charge in [-0.15, -0.1) is 0 Å². The van der Waals surface area contributed by atoms with Crippen molar-refractivity contribution in [2.45, 2.75) is 13.0 Å². The van der Waals surface area contributed by atoms with Crippen molar-refractivity contribution < 1.29 is 4.74 Å². The van der Waals surface area contributed by atoms with Crippen LogP contribution in [0.25, 0.3) is 0 Å². The summed E-state index contributed by atoms with van der Waals surface area (Å²) in [6.07, 6.45) is 0.731. The Labute approximate surface area is 100 Å². The van der Waals surface area contributed by atoms with Crippen molar-refractivity contribution in [3.63, 3.8) is 0 Å². The number of benzene rings is 1. The van der Waals surface area contributed by atoms with Gasteiger partial charge < -0.3 is 10.5 Å². The highest BCUT2D eigenvalue weighted by Crippen LogP contribution is 2.10. The molecule has 0 saturated heterocycles. The van der Waals surface area contributed by atoms with Gasteiger partial charge in [-0.2, -0.15) is 5.10 Å². The zero-order valence-corrected chi connectivity index (χ0v) is 9.84. The van der Waals surface area contributed by atoms with Gasteiger partial charge in [0.1, 0.15) is 18.2 Å². The first-order valence-corrected chi connectivity index (χ1v) is 5.56. The van der Waals surface area contributed by atoms with Gasteiger partial charge in [0.2, 0.25) is 0 Å². The summed E-state index contributed by atoms with van der Waals surface area (Å²) in [6.45, 7) is 0.952. The van der Waals surface area contributed by atoms with Crippen LogP contribution in [0.15, 0.2) is 30.3 Å². The van der Waals surface area contributed by atoms with E-state index in [0.29, 0.717) is 19.0 Å². The molecule has 17 heavy (non-hydrogen) atoms. The molecule has 0 aliphatic rings. The zero-order valence-electron chi connectivity index (χ0n) is 9.84. The van der Waals surface area contributed by atoms with Crippen molar-refractivity contribution in [3.8, 4) is 5.75 Å². The number of rotatable bonds is 5. The van der Waals surface area contributed by atoms with Crippen LogP contribution >= 0.6 is 0 Å². The predicted molar refractivity (Wildman–Crippen MR) is 64.5 cm³/mol. The Hall–Kier alpha value is -1.88. The van der Waals surface area contributed by atoms with Crippen LogP contribution in [0.4, 0.5) is 0 Å². The SMILES string of the molecule is Cn1nc(COc2ccccc2)nc1CCN. The van der Waals surface area contributed by atoms with Crippen molar-refractivity contribution in [2.24, 2.45) is 12.8 Å². The van der Waals surface area contributed by atoms with Crippen molar-refractivity contribution in [1.29, 1.82) is 0 Å². The molecule has 5 heteroatoms. The van der Waals surface area contributed by atoms with E-state index in [1.54, 1.807) is 4.68 Å². The molecule has 0 saturated carbocycles. The van der Waals surface area contributed by atoms with Gasteiger partial charge in [-0.3, -0.25) is 4.68 Å². The Morgan fingerprint density at radius 2 is 2.06 bits per heavy atom. The molecule has 1 heterocycles. The minimum absolute atomic E-state index is 0.377. The average Bonchev–Trinajstić information content (AvgIpc) is 2.70. The molecule has 0 aliphatic carbocycles. The van der Waals surface area contributed by atoms with Crippen molar-refractivity contribution in [3.05, 3.63) is 42.0 Å². The summed E-state index contributed by atoms with van der Waals surface area (Å²) in [7, 11) is 1.87. The molecule has 0 atom stereocenters. The van der Waals surface area contributed by atoms with E-state index in [4.69, 9.17) is 10.5 Å². The third kappa shape index (κ3) is 3.04. The molecule has 0 amide bonds. The molecule has 0 fully saturated rings. The Morgan fingerprint density at radius 1 is 1.29 bits per heavy atom. The van der Waals surface area contributed by atoms with Crippen LogP contribution in [0, 0.1) is 0 Å².